The van der Waals surface area contributed by atoms with Crippen molar-refractivity contribution in [3.63, 3.8) is 0 Å². The summed E-state index contributed by atoms with van der Waals surface area (Å²) in [6.07, 6.45) is 6.28. The number of nitrogens with one attached hydrogen (secondary N) is 1. The first-order chi connectivity index (χ1) is 13.8. The van der Waals surface area contributed by atoms with Crippen molar-refractivity contribution < 1.29 is 0 Å². The third-order valence-corrected chi connectivity index (χ3v) is 6.08. The van der Waals surface area contributed by atoms with E-state index in [1.807, 2.05) is 6.20 Å². The summed E-state index contributed by atoms with van der Waals surface area (Å²) in [6, 6.07) is 26.2. The van der Waals surface area contributed by atoms with Crippen LogP contribution in [0.3, 0.4) is 0 Å². The van der Waals surface area contributed by atoms with Crippen LogP contribution in [0.25, 0.3) is 11.0 Å². The molecule has 1 aliphatic heterocycles. The van der Waals surface area contributed by atoms with E-state index in [1.54, 1.807) is 0 Å². The summed E-state index contributed by atoms with van der Waals surface area (Å²) in [5.41, 5.74) is 5.22. The highest BCUT2D eigenvalue weighted by Crippen LogP contribution is 2.39. The largest absolute Gasteiger partial charge is 0.346 e. The summed E-state index contributed by atoms with van der Waals surface area (Å²) >= 11 is 0. The number of likely N-dealkylation sites (tertiary alicyclic amines) is 1. The van der Waals surface area contributed by atoms with E-state index in [1.165, 1.54) is 22.1 Å². The Morgan fingerprint density at radius 1 is 0.929 bits per heavy atom. The molecule has 1 fully saturated rings. The lowest BCUT2D eigenvalue weighted by atomic mass is 9.75. The molecule has 3 nitrogen and oxygen atoms in total. The quantitative estimate of drug-likeness (QED) is 0.541. The second kappa shape index (κ2) is 7.25. The predicted octanol–water partition coefficient (Wildman–Crippen LogP) is 4.95. The first-order valence-electron chi connectivity index (χ1n) is 10.0. The van der Waals surface area contributed by atoms with Gasteiger partial charge in [-0.25, -0.2) is 4.98 Å². The van der Waals surface area contributed by atoms with Crippen LogP contribution in [-0.4, -0.2) is 28.0 Å². The minimum atomic E-state index is 0.106. The summed E-state index contributed by atoms with van der Waals surface area (Å²) < 4.78 is 0. The van der Waals surface area contributed by atoms with Gasteiger partial charge < -0.3 is 4.98 Å². The highest BCUT2D eigenvalue weighted by molar-refractivity contribution is 5.76. The van der Waals surface area contributed by atoms with Gasteiger partial charge in [-0.1, -0.05) is 60.7 Å². The molecule has 3 heteroatoms. The number of fused-ring (bicyclic) bond motifs is 1. The SMILES string of the molecule is c1ccc(CN2CCC(Cc3ccccc3)(c3cnc4[nH]ccc4c3)C2)cc1. The molecule has 3 heterocycles. The van der Waals surface area contributed by atoms with Crippen LogP contribution in [0.1, 0.15) is 23.1 Å². The Balaban J connectivity index is 1.48. The Kier molecular flexibility index (Phi) is 4.46. The average molecular weight is 367 g/mol. The number of aromatic nitrogens is 2. The van der Waals surface area contributed by atoms with Crippen LogP contribution in [0.15, 0.2) is 85.2 Å². The van der Waals surface area contributed by atoms with Crippen molar-refractivity contribution in [1.82, 2.24) is 14.9 Å². The Hall–Kier alpha value is -2.91. The molecule has 0 radical (unpaired) electrons. The highest BCUT2D eigenvalue weighted by atomic mass is 15.2. The van der Waals surface area contributed by atoms with Crippen LogP contribution in [0.5, 0.6) is 0 Å². The van der Waals surface area contributed by atoms with Gasteiger partial charge in [-0.15, -0.1) is 0 Å². The molecule has 0 saturated carbocycles. The molecule has 1 atom stereocenters. The zero-order chi connectivity index (χ0) is 18.8. The van der Waals surface area contributed by atoms with Gasteiger partial charge in [0.25, 0.3) is 0 Å². The zero-order valence-electron chi connectivity index (χ0n) is 16.0. The first kappa shape index (κ1) is 17.2. The van der Waals surface area contributed by atoms with Gasteiger partial charge >= 0.3 is 0 Å². The van der Waals surface area contributed by atoms with Gasteiger partial charge in [-0.2, -0.15) is 0 Å². The molecule has 0 amide bonds. The van der Waals surface area contributed by atoms with Crippen molar-refractivity contribution >= 4 is 11.0 Å². The van der Waals surface area contributed by atoms with Gasteiger partial charge in [-0.3, -0.25) is 4.90 Å². The van der Waals surface area contributed by atoms with Crippen molar-refractivity contribution in [1.29, 1.82) is 0 Å². The molecule has 140 valence electrons. The molecular formula is C25H25N3. The molecule has 0 bridgehead atoms. The Labute approximate surface area is 166 Å². The fraction of sp³-hybridized carbons (Fsp3) is 0.240. The van der Waals surface area contributed by atoms with Crippen molar-refractivity contribution in [2.24, 2.45) is 0 Å². The maximum absolute atomic E-state index is 4.71. The first-order valence-corrected chi connectivity index (χ1v) is 10.0. The third kappa shape index (κ3) is 3.34. The molecule has 1 N–H and O–H groups in total. The van der Waals surface area contributed by atoms with E-state index in [9.17, 15) is 0 Å². The lowest BCUT2D eigenvalue weighted by molar-refractivity contribution is 0.301. The summed E-state index contributed by atoms with van der Waals surface area (Å²) in [6.45, 7) is 3.19. The van der Waals surface area contributed by atoms with Gasteiger partial charge in [-0.05, 0) is 48.2 Å². The highest BCUT2D eigenvalue weighted by Gasteiger charge is 2.40. The second-order valence-corrected chi connectivity index (χ2v) is 8.03. The van der Waals surface area contributed by atoms with Crippen LogP contribution in [-0.2, 0) is 18.4 Å². The van der Waals surface area contributed by atoms with Crippen LogP contribution in [0, 0.1) is 0 Å². The minimum Gasteiger partial charge on any atom is -0.346 e. The van der Waals surface area contributed by atoms with Gasteiger partial charge in [0.15, 0.2) is 0 Å². The molecule has 2 aromatic carbocycles. The minimum absolute atomic E-state index is 0.106. The fourth-order valence-corrected chi connectivity index (χ4v) is 4.63. The second-order valence-electron chi connectivity index (χ2n) is 8.03. The molecule has 1 saturated heterocycles. The molecule has 1 aliphatic rings. The molecule has 2 aromatic heterocycles. The van der Waals surface area contributed by atoms with Gasteiger partial charge in [0.2, 0.25) is 0 Å². The van der Waals surface area contributed by atoms with Crippen LogP contribution < -0.4 is 0 Å². The van der Waals surface area contributed by atoms with Crippen molar-refractivity contribution in [2.45, 2.75) is 24.8 Å². The molecule has 5 rings (SSSR count). The summed E-state index contributed by atoms with van der Waals surface area (Å²) in [5, 5.41) is 1.20. The van der Waals surface area contributed by atoms with Crippen LogP contribution >= 0.6 is 0 Å². The molecule has 4 aromatic rings. The van der Waals surface area contributed by atoms with Crippen molar-refractivity contribution in [3.05, 3.63) is 102 Å². The Morgan fingerprint density at radius 3 is 2.46 bits per heavy atom. The third-order valence-electron chi connectivity index (χ3n) is 6.08. The number of benzene rings is 2. The molecule has 28 heavy (non-hydrogen) atoms. The number of nitrogens with zero attached hydrogens (tertiary/aromatic N) is 2. The van der Waals surface area contributed by atoms with Gasteiger partial charge in [0.1, 0.15) is 5.65 Å². The summed E-state index contributed by atoms with van der Waals surface area (Å²) in [4.78, 5) is 10.5. The number of pyridine rings is 1. The van der Waals surface area contributed by atoms with E-state index in [0.717, 1.165) is 38.1 Å². The maximum atomic E-state index is 4.71. The number of H-pyrrole nitrogens is 1. The van der Waals surface area contributed by atoms with E-state index >= 15 is 0 Å². The number of hydrogen-bond donors (Lipinski definition) is 1. The average Bonchev–Trinajstić information content (AvgIpc) is 3.37. The smallest absolute Gasteiger partial charge is 0.137 e. The van der Waals surface area contributed by atoms with E-state index in [0.29, 0.717) is 0 Å². The normalized spacial score (nSPS) is 20.0. The van der Waals surface area contributed by atoms with Gasteiger partial charge in [0, 0.05) is 36.3 Å². The lowest BCUT2D eigenvalue weighted by Crippen LogP contribution is -2.33. The lowest BCUT2D eigenvalue weighted by Gasteiger charge is -2.30. The molecule has 0 spiro atoms. The molecule has 1 unspecified atom stereocenters. The van der Waals surface area contributed by atoms with Crippen LogP contribution in [0.4, 0.5) is 0 Å². The van der Waals surface area contributed by atoms with Crippen molar-refractivity contribution in [2.75, 3.05) is 13.1 Å². The standard InChI is InChI=1S/C25H25N3/c1-3-7-20(8-4-1)16-25(23-15-22-11-13-26-24(22)27-17-23)12-14-28(19-25)18-21-9-5-2-6-10-21/h1-11,13,15,17H,12,14,16,18-19H2,(H,26,27). The van der Waals surface area contributed by atoms with E-state index in [-0.39, 0.29) is 5.41 Å². The van der Waals surface area contributed by atoms with E-state index < -0.39 is 0 Å². The fourth-order valence-electron chi connectivity index (χ4n) is 4.63. The molecule has 0 aliphatic carbocycles. The summed E-state index contributed by atoms with van der Waals surface area (Å²) in [5.74, 6) is 0. The molecular weight excluding hydrogens is 342 g/mol. The maximum Gasteiger partial charge on any atom is 0.137 e. The van der Waals surface area contributed by atoms with E-state index in [2.05, 4.69) is 88.9 Å². The number of hydrogen-bond acceptors (Lipinski definition) is 2. The number of aromatic amines is 1. The zero-order valence-corrected chi connectivity index (χ0v) is 16.0. The van der Waals surface area contributed by atoms with E-state index in [4.69, 9.17) is 4.98 Å². The van der Waals surface area contributed by atoms with Gasteiger partial charge in [0.05, 0.1) is 0 Å². The van der Waals surface area contributed by atoms with Crippen molar-refractivity contribution in [3.8, 4) is 0 Å². The monoisotopic (exact) mass is 367 g/mol. The Bertz CT molecular complexity index is 1050. The number of rotatable bonds is 5. The topological polar surface area (TPSA) is 31.9 Å². The predicted molar refractivity (Wildman–Crippen MR) is 114 cm³/mol. The summed E-state index contributed by atoms with van der Waals surface area (Å²) in [7, 11) is 0. The Morgan fingerprint density at radius 2 is 1.68 bits per heavy atom. The van der Waals surface area contributed by atoms with Crippen LogP contribution in [0.2, 0.25) is 0 Å².